The summed E-state index contributed by atoms with van der Waals surface area (Å²) in [5.74, 6) is 6.10. The molecule has 0 saturated carbocycles. The summed E-state index contributed by atoms with van der Waals surface area (Å²) < 4.78 is 0. The van der Waals surface area contributed by atoms with Gasteiger partial charge in [0.05, 0.1) is 0 Å². The largest absolute Gasteiger partial charge is 0.0987 e. The molecule has 0 heteroatoms. The fraction of sp³-hybridized carbons (Fsp3) is 0.182. The van der Waals surface area contributed by atoms with Gasteiger partial charge in [-0.05, 0) is 18.9 Å². The summed E-state index contributed by atoms with van der Waals surface area (Å²) in [6.07, 6.45) is 7.55. The molecule has 0 spiro atoms. The zero-order valence-electron chi connectivity index (χ0n) is 6.56. The zero-order chi connectivity index (χ0) is 8.10. The molecule has 0 bridgehead atoms. The van der Waals surface area contributed by atoms with Gasteiger partial charge in [-0.2, -0.15) is 0 Å². The van der Waals surface area contributed by atoms with Gasteiger partial charge >= 0.3 is 0 Å². The van der Waals surface area contributed by atoms with Crippen molar-refractivity contribution in [3.8, 4) is 11.8 Å². The van der Waals surface area contributed by atoms with Gasteiger partial charge < -0.3 is 0 Å². The van der Waals surface area contributed by atoms with Crippen LogP contribution in [0.15, 0.2) is 36.0 Å². The van der Waals surface area contributed by atoms with E-state index in [9.17, 15) is 0 Å². The highest BCUT2D eigenvalue weighted by atomic mass is 14.0. The maximum Gasteiger partial charge on any atom is 0.0274 e. The van der Waals surface area contributed by atoms with E-state index in [1.54, 1.807) is 6.08 Å². The third kappa shape index (κ3) is 1.85. The van der Waals surface area contributed by atoms with Crippen LogP contribution in [-0.2, 0) is 0 Å². The van der Waals surface area contributed by atoms with Crippen molar-refractivity contribution in [3.63, 3.8) is 0 Å². The second kappa shape index (κ2) is 3.83. The average Bonchev–Trinajstić information content (AvgIpc) is 2.06. The maximum absolute atomic E-state index is 3.74. The molecule has 0 amide bonds. The van der Waals surface area contributed by atoms with Gasteiger partial charge in [-0.25, -0.2) is 0 Å². The minimum Gasteiger partial charge on any atom is -0.0987 e. The molecule has 55 valence electrons. The van der Waals surface area contributed by atoms with Crippen molar-refractivity contribution in [2.24, 2.45) is 0 Å². The van der Waals surface area contributed by atoms with Gasteiger partial charge in [-0.3, -0.25) is 0 Å². The molecule has 0 heterocycles. The Kier molecular flexibility index (Phi) is 2.74. The first-order valence-corrected chi connectivity index (χ1v) is 3.68. The molecule has 0 unspecified atom stereocenters. The van der Waals surface area contributed by atoms with Crippen LogP contribution in [0.2, 0.25) is 0 Å². The Morgan fingerprint density at radius 3 is 2.91 bits per heavy atom. The second-order valence-electron chi connectivity index (χ2n) is 2.35. The Hall–Kier alpha value is -1.22. The number of rotatable bonds is 2. The molecule has 0 fully saturated rings. The van der Waals surface area contributed by atoms with E-state index in [1.165, 1.54) is 5.57 Å². The van der Waals surface area contributed by atoms with Crippen LogP contribution in [0.1, 0.15) is 12.8 Å². The van der Waals surface area contributed by atoms with Crippen molar-refractivity contribution in [1.82, 2.24) is 0 Å². The fourth-order valence-electron chi connectivity index (χ4n) is 1.05. The second-order valence-corrected chi connectivity index (χ2v) is 2.35. The Morgan fingerprint density at radius 1 is 1.45 bits per heavy atom. The maximum atomic E-state index is 3.74. The third-order valence-electron chi connectivity index (χ3n) is 1.62. The summed E-state index contributed by atoms with van der Waals surface area (Å²) >= 11 is 0. The highest BCUT2D eigenvalue weighted by Crippen LogP contribution is 2.16. The summed E-state index contributed by atoms with van der Waals surface area (Å²) in [5, 5.41) is 0. The zero-order valence-corrected chi connectivity index (χ0v) is 6.56. The first kappa shape index (κ1) is 7.88. The van der Waals surface area contributed by atoms with Gasteiger partial charge in [0.25, 0.3) is 0 Å². The molecule has 0 aromatic rings. The Bertz CT molecular complexity index is 266. The van der Waals surface area contributed by atoms with Gasteiger partial charge in [-0.1, -0.05) is 36.6 Å². The van der Waals surface area contributed by atoms with Crippen LogP contribution in [0.3, 0.4) is 0 Å². The van der Waals surface area contributed by atoms with E-state index >= 15 is 0 Å². The van der Waals surface area contributed by atoms with Crippen molar-refractivity contribution in [2.75, 3.05) is 0 Å². The quantitative estimate of drug-likeness (QED) is 0.521. The highest BCUT2D eigenvalue weighted by molar-refractivity contribution is 5.48. The average molecular weight is 143 g/mol. The third-order valence-corrected chi connectivity index (χ3v) is 1.62. The molecular weight excluding hydrogens is 132 g/mol. The lowest BCUT2D eigenvalue weighted by molar-refractivity contribution is 1.02. The minimum absolute atomic E-state index is 0.954. The topological polar surface area (TPSA) is 0 Å². The molecular formula is C11H11. The molecule has 0 aromatic carbocycles. The lowest BCUT2D eigenvalue weighted by Gasteiger charge is -2.04. The predicted molar refractivity (Wildman–Crippen MR) is 48.7 cm³/mol. The highest BCUT2D eigenvalue weighted by Gasteiger charge is 2.00. The fourth-order valence-corrected chi connectivity index (χ4v) is 1.05. The monoisotopic (exact) mass is 143 g/mol. The lowest BCUT2D eigenvalue weighted by Crippen LogP contribution is -1.89. The van der Waals surface area contributed by atoms with Crippen molar-refractivity contribution >= 4 is 0 Å². The van der Waals surface area contributed by atoms with E-state index in [-0.39, 0.29) is 0 Å². The van der Waals surface area contributed by atoms with Gasteiger partial charge in [0.15, 0.2) is 0 Å². The van der Waals surface area contributed by atoms with E-state index in [4.69, 9.17) is 0 Å². The molecule has 0 aromatic heterocycles. The summed E-state index contributed by atoms with van der Waals surface area (Å²) in [4.78, 5) is 0. The molecule has 1 aliphatic carbocycles. The van der Waals surface area contributed by atoms with Crippen molar-refractivity contribution < 1.29 is 0 Å². The summed E-state index contributed by atoms with van der Waals surface area (Å²) in [6, 6.07) is 0. The van der Waals surface area contributed by atoms with Crippen molar-refractivity contribution in [1.29, 1.82) is 0 Å². The summed E-state index contributed by atoms with van der Waals surface area (Å²) in [5.41, 5.74) is 2.31. The standard InChI is InChI=1S/C11H11/c1-3-7-11-9-6-5-8-10(11)4-2/h3-4,7H,1-2,5,8H2/b7-3-. The van der Waals surface area contributed by atoms with Gasteiger partial charge in [-0.15, -0.1) is 0 Å². The number of allylic oxidation sites excluding steroid dienone is 5. The Morgan fingerprint density at radius 2 is 2.27 bits per heavy atom. The van der Waals surface area contributed by atoms with Gasteiger partial charge in [0.1, 0.15) is 0 Å². The molecule has 1 rings (SSSR count). The van der Waals surface area contributed by atoms with E-state index in [0.29, 0.717) is 0 Å². The summed E-state index contributed by atoms with van der Waals surface area (Å²) in [6.45, 7) is 7.37. The molecule has 0 saturated heterocycles. The van der Waals surface area contributed by atoms with E-state index in [0.717, 1.165) is 18.4 Å². The van der Waals surface area contributed by atoms with Gasteiger partial charge in [0, 0.05) is 12.0 Å². The lowest BCUT2D eigenvalue weighted by atomic mass is 9.99. The Labute approximate surface area is 68.3 Å². The smallest absolute Gasteiger partial charge is 0.0274 e. The van der Waals surface area contributed by atoms with Crippen LogP contribution >= 0.6 is 0 Å². The Balaban J connectivity index is 2.97. The van der Waals surface area contributed by atoms with Crippen LogP contribution in [0.4, 0.5) is 0 Å². The first-order valence-electron chi connectivity index (χ1n) is 3.68. The SMILES string of the molecule is [CH2]/C=C\C1=C(C=C)CCC#C1. The molecule has 0 atom stereocenters. The molecule has 1 radical (unpaired) electrons. The van der Waals surface area contributed by atoms with Crippen LogP contribution in [0, 0.1) is 18.8 Å². The van der Waals surface area contributed by atoms with Crippen LogP contribution in [0.25, 0.3) is 0 Å². The molecule has 0 aliphatic heterocycles. The minimum atomic E-state index is 0.954. The number of hydrogen-bond acceptors (Lipinski definition) is 0. The van der Waals surface area contributed by atoms with Crippen LogP contribution in [0.5, 0.6) is 0 Å². The normalized spacial score (nSPS) is 16.5. The molecule has 11 heavy (non-hydrogen) atoms. The molecule has 1 aliphatic rings. The van der Waals surface area contributed by atoms with Crippen LogP contribution < -0.4 is 0 Å². The van der Waals surface area contributed by atoms with Crippen molar-refractivity contribution in [2.45, 2.75) is 12.8 Å². The number of hydrogen-bond donors (Lipinski definition) is 0. The van der Waals surface area contributed by atoms with E-state index in [2.05, 4.69) is 25.3 Å². The summed E-state index contributed by atoms with van der Waals surface area (Å²) in [7, 11) is 0. The predicted octanol–water partition coefficient (Wildman–Crippen LogP) is 2.66. The van der Waals surface area contributed by atoms with E-state index < -0.39 is 0 Å². The van der Waals surface area contributed by atoms with E-state index in [1.807, 2.05) is 12.2 Å². The first-order chi connectivity index (χ1) is 5.38. The van der Waals surface area contributed by atoms with Gasteiger partial charge in [0.2, 0.25) is 0 Å². The van der Waals surface area contributed by atoms with Crippen molar-refractivity contribution in [3.05, 3.63) is 42.9 Å². The molecule has 0 N–H and O–H groups in total. The van der Waals surface area contributed by atoms with Crippen LogP contribution in [-0.4, -0.2) is 0 Å². The molecule has 0 nitrogen and oxygen atoms in total.